The number of fused-ring (bicyclic) bond motifs is 9. The summed E-state index contributed by atoms with van der Waals surface area (Å²) >= 11 is 0. The first-order valence-corrected chi connectivity index (χ1v) is 16.0. The third-order valence-electron chi connectivity index (χ3n) is 9.89. The molecule has 0 N–H and O–H groups in total. The normalized spacial score (nSPS) is 12.3. The molecule has 0 unspecified atom stereocenters. The average molecular weight is 585 g/mol. The second-order valence-corrected chi connectivity index (χ2v) is 12.4. The minimum atomic E-state index is 0.921. The molecule has 1 heterocycles. The summed E-state index contributed by atoms with van der Waals surface area (Å²) in [5, 5.41) is 7.38. The van der Waals surface area contributed by atoms with Crippen LogP contribution >= 0.6 is 0 Å². The molecule has 0 saturated carbocycles. The van der Waals surface area contributed by atoms with Gasteiger partial charge in [0, 0.05) is 21.9 Å². The van der Waals surface area contributed by atoms with Crippen molar-refractivity contribution < 1.29 is 4.42 Å². The maximum Gasteiger partial charge on any atom is 0.143 e. The maximum atomic E-state index is 6.84. The van der Waals surface area contributed by atoms with Crippen LogP contribution in [0, 0.1) is 0 Å². The number of benzene rings is 8. The predicted molar refractivity (Wildman–Crippen MR) is 193 cm³/mol. The second kappa shape index (κ2) is 9.79. The Balaban J connectivity index is 1.34. The van der Waals surface area contributed by atoms with Gasteiger partial charge in [0.25, 0.3) is 0 Å². The molecule has 10 rings (SSSR count). The van der Waals surface area contributed by atoms with Gasteiger partial charge in [-0.3, -0.25) is 0 Å². The molecule has 0 saturated heterocycles. The lowest BCUT2D eigenvalue weighted by molar-refractivity contribution is 0.670. The molecular formula is C45H28O. The van der Waals surface area contributed by atoms with Crippen LogP contribution in [0.5, 0.6) is 0 Å². The number of hydrogen-bond donors (Lipinski definition) is 0. The maximum absolute atomic E-state index is 6.84. The molecule has 1 heteroatoms. The van der Waals surface area contributed by atoms with E-state index in [-0.39, 0.29) is 0 Å². The first-order chi connectivity index (χ1) is 22.8. The molecule has 0 aliphatic heterocycles. The molecule has 0 spiro atoms. The summed E-state index contributed by atoms with van der Waals surface area (Å²) < 4.78 is 6.84. The van der Waals surface area contributed by atoms with Gasteiger partial charge in [-0.1, -0.05) is 140 Å². The number of para-hydroxylation sites is 1. The Morgan fingerprint density at radius 1 is 0.391 bits per heavy atom. The van der Waals surface area contributed by atoms with E-state index in [2.05, 4.69) is 158 Å². The van der Waals surface area contributed by atoms with Crippen molar-refractivity contribution in [3.63, 3.8) is 0 Å². The molecule has 1 aromatic heterocycles. The summed E-state index contributed by atoms with van der Waals surface area (Å²) in [5.74, 6) is 0. The van der Waals surface area contributed by atoms with Crippen molar-refractivity contribution in [1.29, 1.82) is 0 Å². The van der Waals surface area contributed by atoms with Crippen LogP contribution in [-0.2, 0) is 6.42 Å². The van der Waals surface area contributed by atoms with Crippen LogP contribution in [0.25, 0.3) is 88.0 Å². The fourth-order valence-electron chi connectivity index (χ4n) is 7.92. The van der Waals surface area contributed by atoms with Crippen molar-refractivity contribution in [1.82, 2.24) is 0 Å². The van der Waals surface area contributed by atoms with E-state index in [0.29, 0.717) is 0 Å². The molecule has 1 nitrogen and oxygen atoms in total. The summed E-state index contributed by atoms with van der Waals surface area (Å²) in [6.07, 6.45) is 0.921. The van der Waals surface area contributed by atoms with Crippen molar-refractivity contribution >= 4 is 43.5 Å². The van der Waals surface area contributed by atoms with Crippen molar-refractivity contribution in [3.05, 3.63) is 169 Å². The first-order valence-electron chi connectivity index (χ1n) is 16.0. The standard InChI is InChI=1S/C45H28O/c1-2-13-28(14-3-1)29-16-12-17-31(25-29)42-33-19-6-8-21-35(33)43(36-22-9-7-20-34(36)42)40-27-38-32-18-5-4-15-30(32)26-39(38)44-37-23-10-11-24-41(37)46-45(40)44/h1-25,27H,26H2. The molecule has 1 aliphatic rings. The lowest BCUT2D eigenvalue weighted by Crippen LogP contribution is -1.93. The van der Waals surface area contributed by atoms with Crippen molar-refractivity contribution in [2.75, 3.05) is 0 Å². The highest BCUT2D eigenvalue weighted by Crippen LogP contribution is 2.51. The predicted octanol–water partition coefficient (Wildman–Crippen LogP) is 12.5. The van der Waals surface area contributed by atoms with E-state index in [0.717, 1.165) is 23.2 Å². The van der Waals surface area contributed by atoms with E-state index < -0.39 is 0 Å². The van der Waals surface area contributed by atoms with Gasteiger partial charge in [-0.15, -0.1) is 0 Å². The second-order valence-electron chi connectivity index (χ2n) is 12.4. The molecule has 0 fully saturated rings. The van der Waals surface area contributed by atoms with Gasteiger partial charge in [-0.05, 0) is 90.7 Å². The monoisotopic (exact) mass is 584 g/mol. The van der Waals surface area contributed by atoms with E-state index in [1.807, 2.05) is 0 Å². The van der Waals surface area contributed by atoms with Gasteiger partial charge < -0.3 is 4.42 Å². The summed E-state index contributed by atoms with van der Waals surface area (Å²) in [7, 11) is 0. The lowest BCUT2D eigenvalue weighted by Gasteiger charge is -2.19. The zero-order chi connectivity index (χ0) is 30.2. The van der Waals surface area contributed by atoms with E-state index in [1.54, 1.807) is 0 Å². The zero-order valence-electron chi connectivity index (χ0n) is 25.1. The summed E-state index contributed by atoms with van der Waals surface area (Å²) in [6, 6.07) is 57.3. The summed E-state index contributed by atoms with van der Waals surface area (Å²) in [4.78, 5) is 0. The fourth-order valence-corrected chi connectivity index (χ4v) is 7.92. The highest BCUT2D eigenvalue weighted by Gasteiger charge is 2.28. The highest BCUT2D eigenvalue weighted by atomic mass is 16.3. The molecule has 9 aromatic rings. The summed E-state index contributed by atoms with van der Waals surface area (Å²) in [5.41, 5.74) is 14.6. The number of hydrogen-bond acceptors (Lipinski definition) is 1. The van der Waals surface area contributed by atoms with Gasteiger partial charge in [0.05, 0.1) is 0 Å². The van der Waals surface area contributed by atoms with E-state index in [9.17, 15) is 0 Å². The van der Waals surface area contributed by atoms with Crippen LogP contribution < -0.4 is 0 Å². The topological polar surface area (TPSA) is 13.1 Å². The van der Waals surface area contributed by atoms with Crippen molar-refractivity contribution in [2.45, 2.75) is 6.42 Å². The largest absolute Gasteiger partial charge is 0.455 e. The molecule has 0 amide bonds. The molecule has 0 bridgehead atoms. The Labute approximate surface area is 267 Å². The lowest BCUT2D eigenvalue weighted by atomic mass is 9.84. The van der Waals surface area contributed by atoms with Crippen LogP contribution in [-0.4, -0.2) is 0 Å². The Morgan fingerprint density at radius 2 is 0.978 bits per heavy atom. The van der Waals surface area contributed by atoms with Crippen LogP contribution in [0.15, 0.2) is 162 Å². The first kappa shape index (κ1) is 25.4. The average Bonchev–Trinajstić information content (AvgIpc) is 3.69. The van der Waals surface area contributed by atoms with Gasteiger partial charge in [-0.2, -0.15) is 0 Å². The molecule has 214 valence electrons. The third kappa shape index (κ3) is 3.63. The Morgan fingerprint density at radius 3 is 1.74 bits per heavy atom. The van der Waals surface area contributed by atoms with Crippen LogP contribution in [0.2, 0.25) is 0 Å². The van der Waals surface area contributed by atoms with Crippen LogP contribution in [0.1, 0.15) is 11.1 Å². The smallest absolute Gasteiger partial charge is 0.143 e. The van der Waals surface area contributed by atoms with E-state index in [1.165, 1.54) is 82.4 Å². The zero-order valence-corrected chi connectivity index (χ0v) is 25.1. The Kier molecular flexibility index (Phi) is 5.41. The Bertz CT molecular complexity index is 2600. The molecule has 0 atom stereocenters. The minimum Gasteiger partial charge on any atom is -0.455 e. The Hall–Kier alpha value is -5.92. The van der Waals surface area contributed by atoms with Gasteiger partial charge in [0.1, 0.15) is 11.2 Å². The number of furan rings is 1. The summed E-state index contributed by atoms with van der Waals surface area (Å²) in [6.45, 7) is 0. The fraction of sp³-hybridized carbons (Fsp3) is 0.0222. The number of rotatable bonds is 3. The van der Waals surface area contributed by atoms with E-state index >= 15 is 0 Å². The molecule has 46 heavy (non-hydrogen) atoms. The van der Waals surface area contributed by atoms with Crippen molar-refractivity contribution in [3.8, 4) is 44.5 Å². The van der Waals surface area contributed by atoms with Gasteiger partial charge in [0.2, 0.25) is 0 Å². The van der Waals surface area contributed by atoms with Crippen LogP contribution in [0.3, 0.4) is 0 Å². The van der Waals surface area contributed by atoms with Crippen LogP contribution in [0.4, 0.5) is 0 Å². The molecular weight excluding hydrogens is 556 g/mol. The van der Waals surface area contributed by atoms with Gasteiger partial charge >= 0.3 is 0 Å². The molecule has 0 radical (unpaired) electrons. The minimum absolute atomic E-state index is 0.921. The quantitative estimate of drug-likeness (QED) is 0.188. The van der Waals surface area contributed by atoms with Gasteiger partial charge in [0.15, 0.2) is 0 Å². The highest BCUT2D eigenvalue weighted by molar-refractivity contribution is 6.25. The molecule has 8 aromatic carbocycles. The SMILES string of the molecule is c1ccc(-c2cccc(-c3c4ccccc4c(-c4cc5c(c6c4oc4ccccc46)Cc4ccccc4-5)c4ccccc34)c2)cc1. The van der Waals surface area contributed by atoms with E-state index in [4.69, 9.17) is 4.42 Å². The van der Waals surface area contributed by atoms with Gasteiger partial charge in [-0.25, -0.2) is 0 Å². The third-order valence-corrected chi connectivity index (χ3v) is 9.89. The molecule has 1 aliphatic carbocycles. The van der Waals surface area contributed by atoms with Crippen molar-refractivity contribution in [2.24, 2.45) is 0 Å².